The van der Waals surface area contributed by atoms with Crippen LogP contribution < -0.4 is 0 Å². The molecular weight excluding hydrogens is 445 g/mol. The van der Waals surface area contributed by atoms with Crippen LogP contribution in [0.2, 0.25) is 0 Å². The first-order valence-corrected chi connectivity index (χ1v) is 10.6. The van der Waals surface area contributed by atoms with Gasteiger partial charge in [-0.15, -0.1) is 11.3 Å². The first-order chi connectivity index (χ1) is 15.1. The minimum absolute atomic E-state index is 0.194. The molecule has 3 heterocycles. The highest BCUT2D eigenvalue weighted by Gasteiger charge is 2.38. The van der Waals surface area contributed by atoms with Gasteiger partial charge >= 0.3 is 12.1 Å². The van der Waals surface area contributed by atoms with Crippen LogP contribution in [0.15, 0.2) is 41.9 Å². The maximum absolute atomic E-state index is 13.0. The van der Waals surface area contributed by atoms with E-state index in [0.29, 0.717) is 19.5 Å². The summed E-state index contributed by atoms with van der Waals surface area (Å²) in [6.45, 7) is 2.23. The quantitative estimate of drug-likeness (QED) is 0.635. The molecule has 11 heteroatoms. The van der Waals surface area contributed by atoms with E-state index in [9.17, 15) is 18.0 Å². The second-order valence-electron chi connectivity index (χ2n) is 7.69. The molecule has 0 saturated carbocycles. The fourth-order valence-electron chi connectivity index (χ4n) is 3.58. The number of carbonyl (C=O) groups excluding carboxylic acids is 1. The van der Waals surface area contributed by atoms with Gasteiger partial charge in [-0.25, -0.2) is 4.79 Å². The number of likely N-dealkylation sites (N-methyl/N-ethyl adjacent to an activating group) is 1. The normalized spacial score (nSPS) is 15.9. The van der Waals surface area contributed by atoms with Crippen LogP contribution in [0.4, 0.5) is 13.2 Å². The lowest BCUT2D eigenvalue weighted by atomic mass is 10.1. The Bertz CT molecular complexity index is 1090. The van der Waals surface area contributed by atoms with E-state index in [1.54, 1.807) is 11.3 Å². The minimum Gasteiger partial charge on any atom is -0.475 e. The molecule has 1 aliphatic heterocycles. The van der Waals surface area contributed by atoms with Crippen molar-refractivity contribution in [3.05, 3.63) is 53.2 Å². The lowest BCUT2D eigenvalue weighted by molar-refractivity contribution is -0.192. The second-order valence-corrected chi connectivity index (χ2v) is 8.61. The van der Waals surface area contributed by atoms with Gasteiger partial charge in [0.2, 0.25) is 5.91 Å². The van der Waals surface area contributed by atoms with Crippen molar-refractivity contribution in [2.75, 3.05) is 27.2 Å². The highest BCUT2D eigenvalue weighted by atomic mass is 32.1. The summed E-state index contributed by atoms with van der Waals surface area (Å²) in [5.41, 5.74) is 2.25. The SMILES string of the molecule is CN(C)CC1CN(C(=O)Cc2csc3ccccc23)Cc2ccnn21.O=C(O)C(F)(F)F. The number of carboxylic acids is 1. The number of hydrogen-bond acceptors (Lipinski definition) is 5. The minimum atomic E-state index is -5.08. The largest absolute Gasteiger partial charge is 0.490 e. The van der Waals surface area contributed by atoms with E-state index < -0.39 is 12.1 Å². The summed E-state index contributed by atoms with van der Waals surface area (Å²) in [5.74, 6) is -2.56. The lowest BCUT2D eigenvalue weighted by Gasteiger charge is -2.35. The molecule has 7 nitrogen and oxygen atoms in total. The topological polar surface area (TPSA) is 78.7 Å². The van der Waals surface area contributed by atoms with E-state index in [2.05, 4.69) is 46.3 Å². The number of aliphatic carboxylic acids is 1. The molecule has 2 aromatic heterocycles. The molecule has 1 unspecified atom stereocenters. The standard InChI is InChI=1S/C19H22N4OS.C2HF3O2/c1-21(2)10-16-12-22(11-15-7-8-20-23(15)16)19(24)9-14-13-25-18-6-4-3-5-17(14)18;3-2(4,5)1(6)7/h3-8,13,16H,9-12H2,1-2H3;(H,6,7). The fraction of sp³-hybridized carbons (Fsp3) is 0.381. The van der Waals surface area contributed by atoms with E-state index in [0.717, 1.165) is 17.8 Å². The van der Waals surface area contributed by atoms with Crippen molar-refractivity contribution in [1.29, 1.82) is 0 Å². The van der Waals surface area contributed by atoms with Gasteiger partial charge in [-0.05, 0) is 42.6 Å². The Hall–Kier alpha value is -2.92. The van der Waals surface area contributed by atoms with Crippen LogP contribution in [-0.2, 0) is 22.6 Å². The Labute approximate surface area is 186 Å². The van der Waals surface area contributed by atoms with Gasteiger partial charge in [0.1, 0.15) is 0 Å². The number of hydrogen-bond donors (Lipinski definition) is 1. The van der Waals surface area contributed by atoms with E-state index in [1.807, 2.05) is 29.3 Å². The molecule has 0 saturated heterocycles. The molecule has 4 rings (SSSR count). The monoisotopic (exact) mass is 468 g/mol. The lowest BCUT2D eigenvalue weighted by Crippen LogP contribution is -2.44. The van der Waals surface area contributed by atoms with E-state index in [4.69, 9.17) is 9.90 Å². The summed E-state index contributed by atoms with van der Waals surface area (Å²) in [5, 5.41) is 14.9. The number of aromatic nitrogens is 2. The van der Waals surface area contributed by atoms with Crippen LogP contribution in [0.1, 0.15) is 17.3 Å². The van der Waals surface area contributed by atoms with Gasteiger partial charge in [0.05, 0.1) is 24.7 Å². The van der Waals surface area contributed by atoms with Gasteiger partial charge in [-0.1, -0.05) is 18.2 Å². The maximum atomic E-state index is 13.0. The van der Waals surface area contributed by atoms with Crippen LogP contribution in [-0.4, -0.2) is 69.9 Å². The Morgan fingerprint density at radius 3 is 2.59 bits per heavy atom. The zero-order valence-corrected chi connectivity index (χ0v) is 18.4. The van der Waals surface area contributed by atoms with E-state index in [1.165, 1.54) is 10.1 Å². The number of benzene rings is 1. The Kier molecular flexibility index (Phi) is 7.19. The summed E-state index contributed by atoms with van der Waals surface area (Å²) in [4.78, 5) is 26.0. The summed E-state index contributed by atoms with van der Waals surface area (Å²) in [6.07, 6.45) is -2.79. The predicted octanol–water partition coefficient (Wildman–Crippen LogP) is 3.42. The predicted molar refractivity (Wildman–Crippen MR) is 114 cm³/mol. The third kappa shape index (κ3) is 5.65. The van der Waals surface area contributed by atoms with Gasteiger partial charge < -0.3 is 14.9 Å². The number of thiophene rings is 1. The fourth-order valence-corrected chi connectivity index (χ4v) is 4.54. The molecule has 0 fully saturated rings. The molecule has 172 valence electrons. The molecule has 1 N–H and O–H groups in total. The highest BCUT2D eigenvalue weighted by molar-refractivity contribution is 7.17. The molecule has 0 radical (unpaired) electrons. The molecule has 1 atom stereocenters. The Morgan fingerprint density at radius 1 is 1.25 bits per heavy atom. The molecular formula is C21H23F3N4O3S. The van der Waals surface area contributed by atoms with E-state index in [-0.39, 0.29) is 11.9 Å². The van der Waals surface area contributed by atoms with Crippen LogP contribution >= 0.6 is 11.3 Å². The van der Waals surface area contributed by atoms with Crippen molar-refractivity contribution < 1.29 is 27.9 Å². The van der Waals surface area contributed by atoms with E-state index >= 15 is 0 Å². The second kappa shape index (κ2) is 9.70. The molecule has 32 heavy (non-hydrogen) atoms. The van der Waals surface area contributed by atoms with Crippen molar-refractivity contribution in [1.82, 2.24) is 19.6 Å². The smallest absolute Gasteiger partial charge is 0.475 e. The number of rotatable bonds is 4. The number of fused-ring (bicyclic) bond motifs is 2. The summed E-state index contributed by atoms with van der Waals surface area (Å²) in [7, 11) is 4.11. The number of amides is 1. The molecule has 0 aliphatic carbocycles. The van der Waals surface area contributed by atoms with Crippen LogP contribution in [0, 0.1) is 0 Å². The maximum Gasteiger partial charge on any atom is 0.490 e. The average Bonchev–Trinajstić information content (AvgIpc) is 3.34. The number of alkyl halides is 3. The van der Waals surface area contributed by atoms with Crippen molar-refractivity contribution in [2.45, 2.75) is 25.2 Å². The molecule has 1 aliphatic rings. The van der Waals surface area contributed by atoms with Crippen LogP contribution in [0.25, 0.3) is 10.1 Å². The van der Waals surface area contributed by atoms with Gasteiger partial charge in [-0.2, -0.15) is 18.3 Å². The molecule has 0 spiro atoms. The number of carbonyl (C=O) groups is 2. The Balaban J connectivity index is 0.000000360. The van der Waals surface area contributed by atoms with Crippen LogP contribution in [0.5, 0.6) is 0 Å². The summed E-state index contributed by atoms with van der Waals surface area (Å²) < 4.78 is 35.1. The Morgan fingerprint density at radius 2 is 1.94 bits per heavy atom. The van der Waals surface area contributed by atoms with Crippen molar-refractivity contribution in [2.24, 2.45) is 0 Å². The highest BCUT2D eigenvalue weighted by Crippen LogP contribution is 2.27. The van der Waals surface area contributed by atoms with Crippen molar-refractivity contribution in [3.63, 3.8) is 0 Å². The average molecular weight is 469 g/mol. The number of carboxylic acid groups (broad SMARTS) is 1. The number of halogens is 3. The zero-order valence-electron chi connectivity index (χ0n) is 17.5. The summed E-state index contributed by atoms with van der Waals surface area (Å²) >= 11 is 1.71. The molecule has 3 aromatic rings. The summed E-state index contributed by atoms with van der Waals surface area (Å²) in [6, 6.07) is 10.5. The number of nitrogens with zero attached hydrogens (tertiary/aromatic N) is 4. The zero-order chi connectivity index (χ0) is 23.5. The first-order valence-electron chi connectivity index (χ1n) is 9.76. The first kappa shape index (κ1) is 23.7. The molecule has 1 amide bonds. The molecule has 1 aromatic carbocycles. The third-order valence-corrected chi connectivity index (χ3v) is 5.97. The van der Waals surface area contributed by atoms with Crippen molar-refractivity contribution in [3.8, 4) is 0 Å². The van der Waals surface area contributed by atoms with Gasteiger partial charge in [0.15, 0.2) is 0 Å². The molecule has 0 bridgehead atoms. The van der Waals surface area contributed by atoms with Gasteiger partial charge in [0, 0.05) is 24.0 Å². The van der Waals surface area contributed by atoms with Crippen LogP contribution in [0.3, 0.4) is 0 Å². The third-order valence-electron chi connectivity index (χ3n) is 4.96. The van der Waals surface area contributed by atoms with Crippen molar-refractivity contribution >= 4 is 33.3 Å². The van der Waals surface area contributed by atoms with Gasteiger partial charge in [0.25, 0.3) is 0 Å². The van der Waals surface area contributed by atoms with Gasteiger partial charge in [-0.3, -0.25) is 9.48 Å².